The van der Waals surface area contributed by atoms with Crippen LogP contribution in [0.5, 0.6) is 17.2 Å². The summed E-state index contributed by atoms with van der Waals surface area (Å²) >= 11 is 0. The highest BCUT2D eigenvalue weighted by molar-refractivity contribution is 7.92. The third kappa shape index (κ3) is 14.5. The lowest BCUT2D eigenvalue weighted by Crippen LogP contribution is -2.18. The van der Waals surface area contributed by atoms with E-state index in [2.05, 4.69) is 15.0 Å². The van der Waals surface area contributed by atoms with Crippen molar-refractivity contribution in [1.82, 2.24) is 15.0 Å². The Morgan fingerprint density at radius 2 is 0.895 bits per heavy atom. The zero-order valence-electron chi connectivity index (χ0n) is 32.7. The predicted molar refractivity (Wildman–Crippen MR) is 234 cm³/mol. The van der Waals surface area contributed by atoms with Gasteiger partial charge in [-0.1, -0.05) is 21.3 Å². The Morgan fingerprint density at radius 3 is 1.23 bits per heavy atom. The molecule has 0 spiro atoms. The first-order chi connectivity index (χ1) is 26.2. The Bertz CT molecular complexity index is 2550. The van der Waals surface area contributed by atoms with E-state index in [1.807, 2.05) is 50.6 Å². The molecule has 6 N–H and O–H groups in total. The van der Waals surface area contributed by atoms with Gasteiger partial charge in [-0.15, -0.1) is 0 Å². The van der Waals surface area contributed by atoms with Crippen LogP contribution in [0.3, 0.4) is 0 Å². The molecule has 0 radical (unpaired) electrons. The molecule has 0 atom stereocenters. The van der Waals surface area contributed by atoms with Crippen molar-refractivity contribution < 1.29 is 40.6 Å². The van der Waals surface area contributed by atoms with E-state index in [0.717, 1.165) is 49.4 Å². The van der Waals surface area contributed by atoms with Crippen LogP contribution in [0.1, 0.15) is 71.1 Å². The number of H-pyrrole nitrogens is 3. The third-order valence-corrected chi connectivity index (χ3v) is 14.7. The van der Waals surface area contributed by atoms with Crippen LogP contribution in [-0.4, -0.2) is 90.0 Å². The lowest BCUT2D eigenvalue weighted by molar-refractivity contribution is 0.475. The molecule has 0 saturated heterocycles. The fourth-order valence-corrected chi connectivity index (χ4v) is 9.87. The van der Waals surface area contributed by atoms with Crippen LogP contribution in [0.2, 0.25) is 0 Å². The van der Waals surface area contributed by atoms with Crippen LogP contribution < -0.4 is 0 Å². The fraction of sp³-hybridized carbons (Fsp3) is 0.429. The van der Waals surface area contributed by atoms with Gasteiger partial charge in [-0.25, -0.2) is 25.3 Å². The molecule has 0 amide bonds. The Hall–Kier alpha value is -4.47. The van der Waals surface area contributed by atoms with Crippen LogP contribution in [0.15, 0.2) is 73.2 Å². The molecular weight excluding hydrogens is 787 g/mol. The maximum absolute atomic E-state index is 11.8. The van der Waals surface area contributed by atoms with Crippen LogP contribution in [0, 0.1) is 5.92 Å². The number of hydrogen-bond acceptors (Lipinski definition) is 9. The molecule has 3 aromatic carbocycles. The van der Waals surface area contributed by atoms with Crippen molar-refractivity contribution in [2.45, 2.75) is 78.9 Å². The number of aryl methyl sites for hydroxylation is 3. The molecule has 314 valence electrons. The Labute approximate surface area is 337 Å². The minimum absolute atomic E-state index is 0. The van der Waals surface area contributed by atoms with Gasteiger partial charge >= 0.3 is 0 Å². The van der Waals surface area contributed by atoms with Crippen molar-refractivity contribution in [3.8, 4) is 17.2 Å². The first kappa shape index (κ1) is 46.9. The van der Waals surface area contributed by atoms with Crippen molar-refractivity contribution >= 4 is 62.2 Å². The monoisotopic (exact) mass is 845 g/mol. The summed E-state index contributed by atoms with van der Waals surface area (Å²) in [6.45, 7) is 7.25. The van der Waals surface area contributed by atoms with Crippen molar-refractivity contribution in [1.29, 1.82) is 0 Å². The number of sulfone groups is 3. The van der Waals surface area contributed by atoms with Crippen molar-refractivity contribution in [2.24, 2.45) is 5.92 Å². The van der Waals surface area contributed by atoms with E-state index in [0.29, 0.717) is 38.5 Å². The van der Waals surface area contributed by atoms with Crippen LogP contribution in [-0.2, 0) is 48.8 Å². The summed E-state index contributed by atoms with van der Waals surface area (Å²) in [5.74, 6) is 1.72. The predicted octanol–water partition coefficient (Wildman–Crippen LogP) is 7.99. The van der Waals surface area contributed by atoms with Crippen molar-refractivity contribution in [2.75, 3.05) is 29.3 Å². The second-order valence-corrected chi connectivity index (χ2v) is 22.2. The molecule has 0 bridgehead atoms. The van der Waals surface area contributed by atoms with E-state index in [-0.39, 0.29) is 58.9 Å². The number of hydrogen-bond donors (Lipinski definition) is 6. The van der Waals surface area contributed by atoms with Crippen molar-refractivity contribution in [3.05, 3.63) is 89.9 Å². The molecule has 57 heavy (non-hydrogen) atoms. The number of fused-ring (bicyclic) bond motifs is 3. The molecule has 3 aromatic heterocycles. The Kier molecular flexibility index (Phi) is 16.7. The molecule has 3 heterocycles. The molecule has 6 aromatic rings. The molecule has 0 saturated carbocycles. The number of aromatic hydroxyl groups is 3. The van der Waals surface area contributed by atoms with Crippen molar-refractivity contribution in [3.63, 3.8) is 0 Å². The van der Waals surface area contributed by atoms with E-state index < -0.39 is 29.5 Å². The highest BCUT2D eigenvalue weighted by Crippen LogP contribution is 2.26. The average molecular weight is 846 g/mol. The van der Waals surface area contributed by atoms with E-state index >= 15 is 0 Å². The second kappa shape index (κ2) is 20.3. The summed E-state index contributed by atoms with van der Waals surface area (Å²) in [4.78, 5) is 9.36. The van der Waals surface area contributed by atoms with Gasteiger partial charge in [0, 0.05) is 57.6 Å². The summed E-state index contributed by atoms with van der Waals surface area (Å²) < 4.78 is 69.2. The molecule has 6 rings (SSSR count). The van der Waals surface area contributed by atoms with Gasteiger partial charge in [0.1, 0.15) is 27.1 Å². The van der Waals surface area contributed by atoms with Crippen LogP contribution in [0.25, 0.3) is 32.7 Å². The zero-order chi connectivity index (χ0) is 41.3. The molecule has 0 aliphatic heterocycles. The Balaban J connectivity index is 0.000000228. The lowest BCUT2D eigenvalue weighted by Gasteiger charge is -2.06. The lowest BCUT2D eigenvalue weighted by atomic mass is 10.1. The summed E-state index contributed by atoms with van der Waals surface area (Å²) in [6, 6.07) is 15.5. The SMILES string of the molecule is C.CC(C)CS(=O)(=O)CCCc1c[nH]c2ccc(O)cc12.CC(C)S(=O)(=O)CCCc1c[nH]c2ccc(O)cc12.CS(=O)(=O)CCCc1c[nH]c2ccc(O)cc12. The fourth-order valence-electron chi connectivity index (χ4n) is 6.42. The van der Waals surface area contributed by atoms with E-state index in [9.17, 15) is 40.6 Å². The first-order valence-electron chi connectivity index (χ1n) is 18.7. The number of rotatable bonds is 15. The quantitative estimate of drug-likeness (QED) is 0.0591. The van der Waals surface area contributed by atoms with Crippen LogP contribution >= 0.6 is 0 Å². The van der Waals surface area contributed by atoms with Gasteiger partial charge in [0.25, 0.3) is 0 Å². The summed E-state index contributed by atoms with van der Waals surface area (Å²) in [5.41, 5.74) is 6.01. The molecule has 0 fully saturated rings. The van der Waals surface area contributed by atoms with Gasteiger partial charge in [0.15, 0.2) is 19.7 Å². The standard InChI is InChI=1S/C15H21NO3S.C14H19NO3S.C12H15NO3S.CH4/c1-11(2)10-20(18,19)7-3-4-12-9-16-15-6-5-13(17)8-14(12)15;1-10(2)19(17,18)7-3-4-11-9-15-14-6-5-12(16)8-13(11)14;1-17(15,16)6-2-3-9-8-13-12-5-4-10(14)7-11(9)12;/h5-6,8-9,11,16-17H,3-4,7,10H2,1-2H3;5-6,8-10,15-16H,3-4,7H2,1-2H3;4-5,7-8,13-14H,2-3,6H2,1H3;1H4. The molecule has 15 heteroatoms. The third-order valence-electron chi connectivity index (χ3n) is 9.30. The summed E-state index contributed by atoms with van der Waals surface area (Å²) in [7, 11) is -8.83. The normalized spacial score (nSPS) is 12.1. The van der Waals surface area contributed by atoms with Crippen LogP contribution in [0.4, 0.5) is 0 Å². The van der Waals surface area contributed by atoms with Gasteiger partial charge in [-0.2, -0.15) is 0 Å². The molecule has 0 unspecified atom stereocenters. The second-order valence-electron chi connectivity index (χ2n) is 15.0. The van der Waals surface area contributed by atoms with Gasteiger partial charge in [-0.3, -0.25) is 0 Å². The van der Waals surface area contributed by atoms with Gasteiger partial charge in [-0.05, 0) is 130 Å². The maximum atomic E-state index is 11.8. The number of benzene rings is 3. The van der Waals surface area contributed by atoms with Gasteiger partial charge < -0.3 is 30.3 Å². The smallest absolute Gasteiger partial charge is 0.152 e. The van der Waals surface area contributed by atoms with Gasteiger partial charge in [0.05, 0.1) is 28.3 Å². The van der Waals surface area contributed by atoms with Gasteiger partial charge in [0.2, 0.25) is 0 Å². The van der Waals surface area contributed by atoms with E-state index in [1.165, 1.54) is 6.26 Å². The largest absolute Gasteiger partial charge is 0.508 e. The highest BCUT2D eigenvalue weighted by atomic mass is 32.2. The minimum Gasteiger partial charge on any atom is -0.508 e. The molecule has 0 aliphatic carbocycles. The van der Waals surface area contributed by atoms with E-state index in [1.54, 1.807) is 50.2 Å². The molecular formula is C42H59N3O9S3. The Morgan fingerprint density at radius 1 is 0.544 bits per heavy atom. The maximum Gasteiger partial charge on any atom is 0.152 e. The number of nitrogens with one attached hydrogen (secondary N) is 3. The number of aromatic amines is 3. The summed E-state index contributed by atoms with van der Waals surface area (Å²) in [5, 5.41) is 31.0. The highest BCUT2D eigenvalue weighted by Gasteiger charge is 2.16. The topological polar surface area (TPSA) is 210 Å². The van der Waals surface area contributed by atoms with E-state index in [4.69, 9.17) is 0 Å². The number of phenolic OH excluding ortho intramolecular Hbond substituents is 3. The molecule has 12 nitrogen and oxygen atoms in total. The minimum atomic E-state index is -2.97. The zero-order valence-corrected chi connectivity index (χ0v) is 35.1. The number of phenols is 3. The summed E-state index contributed by atoms with van der Waals surface area (Å²) in [6.07, 6.45) is 10.8. The number of aromatic nitrogens is 3. The molecule has 0 aliphatic rings. The average Bonchev–Trinajstić information content (AvgIpc) is 3.81. The first-order valence-corrected chi connectivity index (χ1v) is 24.3.